The van der Waals surface area contributed by atoms with Crippen LogP contribution in [0.5, 0.6) is 0 Å². The molecule has 3 N–H and O–H groups in total. The highest BCUT2D eigenvalue weighted by molar-refractivity contribution is 5.84. The number of carbonyl (C=O) groups excluding carboxylic acids is 1. The zero-order valence-corrected chi connectivity index (χ0v) is 9.58. The van der Waals surface area contributed by atoms with Crippen LogP contribution in [0.1, 0.15) is 19.8 Å². The molecule has 1 aliphatic carbocycles. The average molecular weight is 216 g/mol. The summed E-state index contributed by atoms with van der Waals surface area (Å²) in [6.07, 6.45) is 1.77. The first-order valence-electron chi connectivity index (χ1n) is 5.15. The van der Waals surface area contributed by atoms with Crippen molar-refractivity contribution < 1.29 is 14.3 Å². The van der Waals surface area contributed by atoms with Crippen molar-refractivity contribution in [2.75, 3.05) is 20.8 Å². The molecule has 1 aliphatic rings. The van der Waals surface area contributed by atoms with Crippen molar-refractivity contribution in [3.05, 3.63) is 0 Å². The normalized spacial score (nSPS) is 20.3. The van der Waals surface area contributed by atoms with Crippen LogP contribution in [0.2, 0.25) is 0 Å². The predicted octanol–water partition coefficient (Wildman–Crippen LogP) is -0.151. The molecule has 0 bridgehead atoms. The summed E-state index contributed by atoms with van der Waals surface area (Å²) < 4.78 is 10.2. The fourth-order valence-electron chi connectivity index (χ4n) is 1.53. The molecule has 1 rings (SSSR count). The van der Waals surface area contributed by atoms with Gasteiger partial charge in [-0.15, -0.1) is 0 Å². The van der Waals surface area contributed by atoms with Crippen LogP contribution in [0.4, 0.5) is 0 Å². The molecule has 5 heteroatoms. The molecule has 1 atom stereocenters. The fraction of sp³-hybridized carbons (Fsp3) is 0.900. The Labute approximate surface area is 90.3 Å². The molecule has 1 unspecified atom stereocenters. The Morgan fingerprint density at radius 3 is 2.40 bits per heavy atom. The second-order valence-corrected chi connectivity index (χ2v) is 4.19. The zero-order chi connectivity index (χ0) is 11.5. The third-order valence-electron chi connectivity index (χ3n) is 2.87. The third-order valence-corrected chi connectivity index (χ3v) is 2.87. The predicted molar refractivity (Wildman–Crippen MR) is 56.1 cm³/mol. The van der Waals surface area contributed by atoms with Crippen molar-refractivity contribution >= 4 is 5.91 Å². The van der Waals surface area contributed by atoms with Crippen molar-refractivity contribution in [2.24, 2.45) is 11.7 Å². The van der Waals surface area contributed by atoms with Crippen LogP contribution < -0.4 is 11.1 Å². The molecular weight excluding hydrogens is 196 g/mol. The average Bonchev–Trinajstić information content (AvgIpc) is 2.99. The van der Waals surface area contributed by atoms with E-state index in [-0.39, 0.29) is 0 Å². The maximum Gasteiger partial charge on any atom is 0.242 e. The van der Waals surface area contributed by atoms with E-state index in [9.17, 15) is 4.79 Å². The van der Waals surface area contributed by atoms with Gasteiger partial charge in [0.1, 0.15) is 5.54 Å². The highest BCUT2D eigenvalue weighted by Crippen LogP contribution is 2.28. The Balaban J connectivity index is 2.61. The molecule has 0 heterocycles. The number of primary amides is 1. The van der Waals surface area contributed by atoms with Gasteiger partial charge in [-0.1, -0.05) is 0 Å². The summed E-state index contributed by atoms with van der Waals surface area (Å²) in [5, 5.41) is 3.13. The van der Waals surface area contributed by atoms with Gasteiger partial charge >= 0.3 is 0 Å². The number of methoxy groups -OCH3 is 2. The summed E-state index contributed by atoms with van der Waals surface area (Å²) in [6.45, 7) is 2.48. The van der Waals surface area contributed by atoms with Gasteiger partial charge in [0.2, 0.25) is 5.91 Å². The molecule has 0 aromatic heterocycles. The zero-order valence-electron chi connectivity index (χ0n) is 9.58. The van der Waals surface area contributed by atoms with Gasteiger partial charge in [-0.2, -0.15) is 0 Å². The summed E-state index contributed by atoms with van der Waals surface area (Å²) in [5.74, 6) is 0.204. The number of hydrogen-bond donors (Lipinski definition) is 2. The van der Waals surface area contributed by atoms with Crippen molar-refractivity contribution in [3.63, 3.8) is 0 Å². The first kappa shape index (κ1) is 12.4. The lowest BCUT2D eigenvalue weighted by Gasteiger charge is -2.33. The quantitative estimate of drug-likeness (QED) is 0.580. The van der Waals surface area contributed by atoms with Crippen molar-refractivity contribution in [1.29, 1.82) is 0 Å². The van der Waals surface area contributed by atoms with E-state index in [2.05, 4.69) is 5.32 Å². The van der Waals surface area contributed by atoms with Gasteiger partial charge < -0.3 is 15.2 Å². The van der Waals surface area contributed by atoms with E-state index in [1.165, 1.54) is 27.1 Å². The maximum atomic E-state index is 11.4. The number of carbonyl (C=O) groups is 1. The van der Waals surface area contributed by atoms with E-state index in [1.54, 1.807) is 6.92 Å². The lowest BCUT2D eigenvalue weighted by Crippen LogP contribution is -2.62. The molecule has 0 aromatic carbocycles. The number of rotatable bonds is 7. The highest BCUT2D eigenvalue weighted by Gasteiger charge is 2.41. The van der Waals surface area contributed by atoms with E-state index in [4.69, 9.17) is 15.2 Å². The Morgan fingerprint density at radius 2 is 2.07 bits per heavy atom. The Bertz CT molecular complexity index is 227. The van der Waals surface area contributed by atoms with E-state index in [1.807, 2.05) is 0 Å². The molecule has 88 valence electrons. The lowest BCUT2D eigenvalue weighted by molar-refractivity contribution is -0.165. The molecule has 1 fully saturated rings. The van der Waals surface area contributed by atoms with Gasteiger partial charge in [0.25, 0.3) is 0 Å². The molecule has 0 radical (unpaired) electrons. The molecule has 0 aromatic rings. The maximum absolute atomic E-state index is 11.4. The first-order valence-corrected chi connectivity index (χ1v) is 5.15. The minimum Gasteiger partial charge on any atom is -0.368 e. The van der Waals surface area contributed by atoms with Crippen LogP contribution in [0.25, 0.3) is 0 Å². The molecule has 1 saturated carbocycles. The summed E-state index contributed by atoms with van der Waals surface area (Å²) in [5.41, 5.74) is 4.40. The molecular formula is C10H20N2O3. The standard InChI is InChI=1S/C10H20N2O3/c1-10(8(11)13,9(14-2)15-3)12-6-7-4-5-7/h7,9,12H,4-6H2,1-3H3,(H2,11,13). The van der Waals surface area contributed by atoms with Crippen LogP contribution in [0, 0.1) is 5.92 Å². The van der Waals surface area contributed by atoms with Crippen LogP contribution in [0.3, 0.4) is 0 Å². The Morgan fingerprint density at radius 1 is 1.53 bits per heavy atom. The first-order chi connectivity index (χ1) is 7.04. The van der Waals surface area contributed by atoms with Gasteiger partial charge in [-0.05, 0) is 32.2 Å². The minimum absolute atomic E-state index is 0.461. The molecule has 1 amide bonds. The monoisotopic (exact) mass is 216 g/mol. The summed E-state index contributed by atoms with van der Waals surface area (Å²) in [4.78, 5) is 11.4. The summed E-state index contributed by atoms with van der Waals surface area (Å²) in [7, 11) is 2.99. The van der Waals surface area contributed by atoms with Crippen molar-refractivity contribution in [2.45, 2.75) is 31.6 Å². The molecule has 0 saturated heterocycles. The number of nitrogens with one attached hydrogen (secondary N) is 1. The smallest absolute Gasteiger partial charge is 0.242 e. The van der Waals surface area contributed by atoms with Crippen LogP contribution >= 0.6 is 0 Å². The number of hydrogen-bond acceptors (Lipinski definition) is 4. The highest BCUT2D eigenvalue weighted by atomic mass is 16.7. The fourth-order valence-corrected chi connectivity index (χ4v) is 1.53. The van der Waals surface area contributed by atoms with Crippen LogP contribution in [-0.2, 0) is 14.3 Å². The van der Waals surface area contributed by atoms with Gasteiger partial charge in [0.05, 0.1) is 0 Å². The molecule has 5 nitrogen and oxygen atoms in total. The van der Waals surface area contributed by atoms with Crippen molar-refractivity contribution in [1.82, 2.24) is 5.32 Å². The Kier molecular flexibility index (Phi) is 4.07. The molecule has 0 aliphatic heterocycles. The summed E-state index contributed by atoms with van der Waals surface area (Å²) >= 11 is 0. The van der Waals surface area contributed by atoms with E-state index >= 15 is 0 Å². The second kappa shape index (κ2) is 4.92. The minimum atomic E-state index is -0.966. The number of nitrogens with two attached hydrogens (primary N) is 1. The lowest BCUT2D eigenvalue weighted by atomic mass is 10.0. The summed E-state index contributed by atoms with van der Waals surface area (Å²) in [6, 6.07) is 0. The van der Waals surface area contributed by atoms with Crippen LogP contribution in [-0.4, -0.2) is 38.5 Å². The molecule has 15 heavy (non-hydrogen) atoms. The largest absolute Gasteiger partial charge is 0.368 e. The topological polar surface area (TPSA) is 73.6 Å². The number of amides is 1. The van der Waals surface area contributed by atoms with Gasteiger partial charge in [0.15, 0.2) is 6.29 Å². The molecule has 0 spiro atoms. The van der Waals surface area contributed by atoms with Crippen LogP contribution in [0.15, 0.2) is 0 Å². The SMILES string of the molecule is COC(OC)C(C)(NCC1CC1)C(N)=O. The van der Waals surface area contributed by atoms with Gasteiger partial charge in [0, 0.05) is 14.2 Å². The third kappa shape index (κ3) is 2.90. The van der Waals surface area contributed by atoms with E-state index in [0.29, 0.717) is 5.92 Å². The van der Waals surface area contributed by atoms with E-state index in [0.717, 1.165) is 6.54 Å². The second-order valence-electron chi connectivity index (χ2n) is 4.19. The number of ether oxygens (including phenoxy) is 2. The van der Waals surface area contributed by atoms with Gasteiger partial charge in [-0.3, -0.25) is 10.1 Å². The van der Waals surface area contributed by atoms with Gasteiger partial charge in [-0.25, -0.2) is 0 Å². The van der Waals surface area contributed by atoms with E-state index < -0.39 is 17.7 Å². The Hall–Kier alpha value is -0.650. The van der Waals surface area contributed by atoms with Crippen molar-refractivity contribution in [3.8, 4) is 0 Å².